The molecule has 1 amide bonds. The number of carbonyl (C=O) groups is 1. The van der Waals surface area contributed by atoms with Crippen LogP contribution in [0.25, 0.3) is 0 Å². The summed E-state index contributed by atoms with van der Waals surface area (Å²) < 4.78 is 39.4. The average molecular weight is 433 g/mol. The lowest BCUT2D eigenvalue weighted by Crippen LogP contribution is -2.50. The van der Waals surface area contributed by atoms with E-state index in [-0.39, 0.29) is 22.8 Å². The number of ether oxygens (including phenoxy) is 2. The Morgan fingerprint density at radius 1 is 1.00 bits per heavy atom. The van der Waals surface area contributed by atoms with Gasteiger partial charge in [0.05, 0.1) is 10.9 Å². The van der Waals surface area contributed by atoms with Crippen molar-refractivity contribution in [3.63, 3.8) is 0 Å². The smallest absolute Gasteiger partial charge is 0.241 e. The van der Waals surface area contributed by atoms with Crippen LogP contribution in [0, 0.1) is 12.8 Å². The summed E-state index contributed by atoms with van der Waals surface area (Å²) in [4.78, 5) is 13.0. The molecule has 0 bridgehead atoms. The molecule has 2 atom stereocenters. The maximum Gasteiger partial charge on any atom is 0.241 e. The van der Waals surface area contributed by atoms with Gasteiger partial charge in [-0.25, -0.2) is 8.42 Å². The highest BCUT2D eigenvalue weighted by molar-refractivity contribution is 7.89. The summed E-state index contributed by atoms with van der Waals surface area (Å²) in [5, 5.41) is 2.93. The number of hydrogen-bond acceptors (Lipinski definition) is 5. The maximum absolute atomic E-state index is 13.0. The Hall–Kier alpha value is -2.58. The predicted octanol–water partition coefficient (Wildman–Crippen LogP) is 2.95. The summed E-state index contributed by atoms with van der Waals surface area (Å²) in [7, 11) is -3.94. The van der Waals surface area contributed by atoms with Crippen molar-refractivity contribution in [1.29, 1.82) is 0 Å². The Labute approximate surface area is 177 Å². The largest absolute Gasteiger partial charge is 0.486 e. The molecule has 1 heterocycles. The van der Waals surface area contributed by atoms with Crippen LogP contribution in [-0.2, 0) is 14.8 Å². The molecule has 0 spiro atoms. The summed E-state index contributed by atoms with van der Waals surface area (Å²) in [5.74, 6) is 0.260. The summed E-state index contributed by atoms with van der Waals surface area (Å²) in [6.45, 7) is 8.24. The van der Waals surface area contributed by atoms with E-state index >= 15 is 0 Å². The van der Waals surface area contributed by atoms with Crippen molar-refractivity contribution in [2.24, 2.45) is 5.92 Å². The van der Waals surface area contributed by atoms with Gasteiger partial charge in [0, 0.05) is 6.07 Å². The van der Waals surface area contributed by atoms with Crippen molar-refractivity contribution in [3.8, 4) is 11.5 Å². The number of sulfonamides is 1. The summed E-state index contributed by atoms with van der Waals surface area (Å²) in [6, 6.07) is 11.0. The lowest BCUT2D eigenvalue weighted by atomic mass is 10.0. The van der Waals surface area contributed by atoms with Crippen LogP contribution in [0.15, 0.2) is 47.4 Å². The van der Waals surface area contributed by atoms with Crippen molar-refractivity contribution < 1.29 is 22.7 Å². The molecule has 2 aromatic rings. The van der Waals surface area contributed by atoms with E-state index in [1.165, 1.54) is 12.1 Å². The van der Waals surface area contributed by atoms with E-state index in [0.29, 0.717) is 24.7 Å². The predicted molar refractivity (Wildman–Crippen MR) is 114 cm³/mol. The van der Waals surface area contributed by atoms with E-state index in [1.807, 2.05) is 38.1 Å². The zero-order valence-electron chi connectivity index (χ0n) is 17.6. The summed E-state index contributed by atoms with van der Waals surface area (Å²) >= 11 is 0. The molecule has 0 saturated heterocycles. The molecule has 162 valence electrons. The van der Waals surface area contributed by atoms with Gasteiger partial charge >= 0.3 is 0 Å². The number of rotatable bonds is 7. The van der Waals surface area contributed by atoms with Crippen molar-refractivity contribution in [2.75, 3.05) is 13.2 Å². The third kappa shape index (κ3) is 4.94. The van der Waals surface area contributed by atoms with Crippen molar-refractivity contribution in [2.45, 2.75) is 44.7 Å². The Morgan fingerprint density at radius 3 is 2.33 bits per heavy atom. The standard InChI is InChI=1S/C22H28N2O5S/c1-14(2)21(22(25)23-16(4)18-8-6-5-7-15(18)3)24-30(26,27)17-9-10-19-20(13-17)29-12-11-28-19/h5-10,13-14,16,21,24H,11-12H2,1-4H3,(H,23,25)/t16-,21-/m1/s1. The van der Waals surface area contributed by atoms with E-state index in [9.17, 15) is 13.2 Å². The molecule has 0 aliphatic carbocycles. The number of aryl methyl sites for hydroxylation is 1. The minimum Gasteiger partial charge on any atom is -0.486 e. The fraction of sp³-hybridized carbons (Fsp3) is 0.409. The van der Waals surface area contributed by atoms with Crippen molar-refractivity contribution in [3.05, 3.63) is 53.6 Å². The monoisotopic (exact) mass is 432 g/mol. The minimum absolute atomic E-state index is 0.0251. The van der Waals surface area contributed by atoms with Crippen LogP contribution in [0.1, 0.15) is 37.9 Å². The van der Waals surface area contributed by atoms with Gasteiger partial charge in [0.2, 0.25) is 15.9 Å². The molecular formula is C22H28N2O5S. The van der Waals surface area contributed by atoms with Gasteiger partial charge in [-0.2, -0.15) is 4.72 Å². The molecule has 2 N–H and O–H groups in total. The molecule has 0 unspecified atom stereocenters. The van der Waals surface area contributed by atoms with Crippen LogP contribution < -0.4 is 19.5 Å². The molecule has 0 saturated carbocycles. The molecule has 0 radical (unpaired) electrons. The SMILES string of the molecule is Cc1ccccc1[C@@H](C)NC(=O)[C@H](NS(=O)(=O)c1ccc2c(c1)OCCO2)C(C)C. The second-order valence-corrected chi connectivity index (χ2v) is 9.45. The van der Waals surface area contributed by atoms with Gasteiger partial charge in [0.1, 0.15) is 19.3 Å². The van der Waals surface area contributed by atoms with Crippen LogP contribution in [0.3, 0.4) is 0 Å². The van der Waals surface area contributed by atoms with Gasteiger partial charge in [-0.15, -0.1) is 0 Å². The molecule has 8 heteroatoms. The number of nitrogens with one attached hydrogen (secondary N) is 2. The highest BCUT2D eigenvalue weighted by atomic mass is 32.2. The first-order valence-corrected chi connectivity index (χ1v) is 11.4. The van der Waals surface area contributed by atoms with Gasteiger partial charge < -0.3 is 14.8 Å². The van der Waals surface area contributed by atoms with E-state index in [4.69, 9.17) is 9.47 Å². The van der Waals surface area contributed by atoms with E-state index in [1.54, 1.807) is 19.9 Å². The zero-order valence-corrected chi connectivity index (χ0v) is 18.5. The number of hydrogen-bond donors (Lipinski definition) is 2. The minimum atomic E-state index is -3.94. The Bertz CT molecular complexity index is 1020. The van der Waals surface area contributed by atoms with Crippen molar-refractivity contribution in [1.82, 2.24) is 10.0 Å². The van der Waals surface area contributed by atoms with Crippen LogP contribution >= 0.6 is 0 Å². The molecular weight excluding hydrogens is 404 g/mol. The van der Waals surface area contributed by atoms with Crippen LogP contribution in [0.5, 0.6) is 11.5 Å². The van der Waals surface area contributed by atoms with E-state index in [2.05, 4.69) is 10.0 Å². The lowest BCUT2D eigenvalue weighted by molar-refractivity contribution is -0.124. The molecule has 30 heavy (non-hydrogen) atoms. The number of amides is 1. The molecule has 1 aliphatic heterocycles. The number of benzene rings is 2. The highest BCUT2D eigenvalue weighted by Gasteiger charge is 2.30. The summed E-state index contributed by atoms with van der Waals surface area (Å²) in [6.07, 6.45) is 0. The first kappa shape index (κ1) is 22.1. The van der Waals surface area contributed by atoms with E-state index < -0.39 is 16.1 Å². The van der Waals surface area contributed by atoms with Crippen molar-refractivity contribution >= 4 is 15.9 Å². The molecule has 3 rings (SSSR count). The fourth-order valence-electron chi connectivity index (χ4n) is 3.37. The second-order valence-electron chi connectivity index (χ2n) is 7.74. The molecule has 0 fully saturated rings. The summed E-state index contributed by atoms with van der Waals surface area (Å²) in [5.41, 5.74) is 2.05. The lowest BCUT2D eigenvalue weighted by Gasteiger charge is -2.25. The van der Waals surface area contributed by atoms with Gasteiger partial charge in [-0.05, 0) is 43.0 Å². The van der Waals surface area contributed by atoms with Gasteiger partial charge in [0.15, 0.2) is 11.5 Å². The first-order valence-electron chi connectivity index (χ1n) is 9.97. The van der Waals surface area contributed by atoms with Crippen LogP contribution in [0.4, 0.5) is 0 Å². The third-order valence-corrected chi connectivity index (χ3v) is 6.51. The van der Waals surface area contributed by atoms with Gasteiger partial charge in [-0.1, -0.05) is 38.1 Å². The number of fused-ring (bicyclic) bond motifs is 1. The molecule has 7 nitrogen and oxygen atoms in total. The van der Waals surface area contributed by atoms with Crippen LogP contribution in [0.2, 0.25) is 0 Å². The average Bonchev–Trinajstić information content (AvgIpc) is 2.71. The normalized spacial score (nSPS) is 15.5. The van der Waals surface area contributed by atoms with Crippen LogP contribution in [-0.4, -0.2) is 33.6 Å². The van der Waals surface area contributed by atoms with Gasteiger partial charge in [0.25, 0.3) is 0 Å². The second kappa shape index (κ2) is 9.06. The first-order chi connectivity index (χ1) is 14.2. The highest BCUT2D eigenvalue weighted by Crippen LogP contribution is 2.32. The van der Waals surface area contributed by atoms with E-state index in [0.717, 1.165) is 11.1 Å². The topological polar surface area (TPSA) is 93.7 Å². The molecule has 0 aromatic heterocycles. The molecule has 2 aromatic carbocycles. The maximum atomic E-state index is 13.0. The quantitative estimate of drug-likeness (QED) is 0.702. The Balaban J connectivity index is 1.77. The Kier molecular flexibility index (Phi) is 6.67. The third-order valence-electron chi connectivity index (χ3n) is 5.07. The van der Waals surface area contributed by atoms with Gasteiger partial charge in [-0.3, -0.25) is 4.79 Å². The fourth-order valence-corrected chi connectivity index (χ4v) is 4.73. The number of carbonyl (C=O) groups excluding carboxylic acids is 1. The zero-order chi connectivity index (χ0) is 21.9. The Morgan fingerprint density at radius 2 is 1.67 bits per heavy atom. The molecule has 1 aliphatic rings.